The molecule has 0 fully saturated rings. The van der Waals surface area contributed by atoms with Gasteiger partial charge in [0.2, 0.25) is 10.0 Å². The molecule has 0 saturated carbocycles. The molecule has 114 valence electrons. The number of aliphatic hydroxyl groups excluding tert-OH is 1. The lowest BCUT2D eigenvalue weighted by atomic mass is 10.1. The van der Waals surface area contributed by atoms with E-state index in [4.69, 9.17) is 11.6 Å². The molecular formula is C13H20ClNO3S2. The maximum atomic E-state index is 12.5. The van der Waals surface area contributed by atoms with Crippen LogP contribution >= 0.6 is 23.4 Å². The van der Waals surface area contributed by atoms with Gasteiger partial charge in [0, 0.05) is 16.8 Å². The highest BCUT2D eigenvalue weighted by atomic mass is 35.5. The molecule has 0 spiro atoms. The minimum absolute atomic E-state index is 0.119. The van der Waals surface area contributed by atoms with Crippen molar-refractivity contribution < 1.29 is 13.5 Å². The van der Waals surface area contributed by atoms with Crippen molar-refractivity contribution in [3.8, 4) is 0 Å². The molecule has 0 saturated heterocycles. The van der Waals surface area contributed by atoms with E-state index < -0.39 is 10.0 Å². The van der Waals surface area contributed by atoms with E-state index in [1.165, 1.54) is 6.07 Å². The summed E-state index contributed by atoms with van der Waals surface area (Å²) >= 11 is 7.52. The number of sulfonamides is 1. The first kappa shape index (κ1) is 17.8. The van der Waals surface area contributed by atoms with E-state index in [-0.39, 0.29) is 17.5 Å². The lowest BCUT2D eigenvalue weighted by Gasteiger charge is -2.18. The van der Waals surface area contributed by atoms with Gasteiger partial charge in [-0.3, -0.25) is 0 Å². The second-order valence-corrected chi connectivity index (χ2v) is 7.56. The van der Waals surface area contributed by atoms with Crippen LogP contribution in [0.3, 0.4) is 0 Å². The van der Waals surface area contributed by atoms with E-state index in [0.717, 1.165) is 0 Å². The Morgan fingerprint density at radius 3 is 2.60 bits per heavy atom. The predicted molar refractivity (Wildman–Crippen MR) is 84.9 cm³/mol. The monoisotopic (exact) mass is 337 g/mol. The minimum Gasteiger partial charge on any atom is -0.392 e. The smallest absolute Gasteiger partial charge is 0.241 e. The normalized spacial score (nSPS) is 13.4. The Morgan fingerprint density at radius 1 is 1.45 bits per heavy atom. The Labute approximate surface area is 130 Å². The van der Waals surface area contributed by atoms with Crippen LogP contribution in [0.2, 0.25) is 5.02 Å². The van der Waals surface area contributed by atoms with Gasteiger partial charge in [-0.15, -0.1) is 0 Å². The fourth-order valence-electron chi connectivity index (χ4n) is 1.87. The van der Waals surface area contributed by atoms with Crippen molar-refractivity contribution in [3.63, 3.8) is 0 Å². The fourth-order valence-corrected chi connectivity index (χ4v) is 4.64. The first-order chi connectivity index (χ1) is 9.35. The third-order valence-electron chi connectivity index (χ3n) is 3.07. The largest absolute Gasteiger partial charge is 0.392 e. The highest BCUT2D eigenvalue weighted by Crippen LogP contribution is 2.25. The summed E-state index contributed by atoms with van der Waals surface area (Å²) in [6, 6.07) is 2.88. The number of halogens is 1. The van der Waals surface area contributed by atoms with Gasteiger partial charge in [-0.25, -0.2) is 13.1 Å². The molecular weight excluding hydrogens is 318 g/mol. The molecule has 1 rings (SSSR count). The molecule has 1 unspecified atom stereocenters. The lowest BCUT2D eigenvalue weighted by Crippen LogP contribution is -2.36. The summed E-state index contributed by atoms with van der Waals surface area (Å²) in [7, 11) is -3.64. The molecule has 0 aromatic heterocycles. The molecule has 0 radical (unpaired) electrons. The maximum absolute atomic E-state index is 12.5. The van der Waals surface area contributed by atoms with Crippen molar-refractivity contribution >= 4 is 33.4 Å². The highest BCUT2D eigenvalue weighted by molar-refractivity contribution is 7.98. The number of nitrogens with one attached hydrogen (secondary N) is 1. The molecule has 0 bridgehead atoms. The van der Waals surface area contributed by atoms with Crippen molar-refractivity contribution in [2.24, 2.45) is 0 Å². The van der Waals surface area contributed by atoms with Crippen LogP contribution < -0.4 is 4.72 Å². The molecule has 0 amide bonds. The quantitative estimate of drug-likeness (QED) is 0.802. The molecule has 1 aromatic carbocycles. The van der Waals surface area contributed by atoms with Crippen LogP contribution in [-0.4, -0.2) is 31.6 Å². The van der Waals surface area contributed by atoms with Gasteiger partial charge in [-0.05, 0) is 42.9 Å². The van der Waals surface area contributed by atoms with Gasteiger partial charge in [0.1, 0.15) is 0 Å². The summed E-state index contributed by atoms with van der Waals surface area (Å²) in [6.07, 6.45) is 2.65. The zero-order chi connectivity index (χ0) is 15.3. The number of aliphatic hydroxyl groups is 1. The highest BCUT2D eigenvalue weighted by Gasteiger charge is 2.22. The van der Waals surface area contributed by atoms with Crippen LogP contribution in [0.1, 0.15) is 24.5 Å². The molecule has 20 heavy (non-hydrogen) atoms. The van der Waals surface area contributed by atoms with E-state index in [1.807, 2.05) is 13.2 Å². The summed E-state index contributed by atoms with van der Waals surface area (Å²) in [5.74, 6) is 0.711. The van der Waals surface area contributed by atoms with E-state index in [2.05, 4.69) is 4.72 Å². The Bertz CT molecular complexity index is 561. The van der Waals surface area contributed by atoms with Gasteiger partial charge in [-0.2, -0.15) is 11.8 Å². The number of hydrogen-bond acceptors (Lipinski definition) is 4. The average molecular weight is 338 g/mol. The van der Waals surface area contributed by atoms with Crippen molar-refractivity contribution in [1.82, 2.24) is 4.72 Å². The summed E-state index contributed by atoms with van der Waals surface area (Å²) in [6.45, 7) is 3.37. The molecule has 1 aromatic rings. The molecule has 4 nitrogen and oxygen atoms in total. The molecule has 2 N–H and O–H groups in total. The van der Waals surface area contributed by atoms with Crippen molar-refractivity contribution in [1.29, 1.82) is 0 Å². The topological polar surface area (TPSA) is 66.4 Å². The van der Waals surface area contributed by atoms with E-state index >= 15 is 0 Å². The zero-order valence-electron chi connectivity index (χ0n) is 11.8. The van der Waals surface area contributed by atoms with Crippen LogP contribution in [0, 0.1) is 6.92 Å². The summed E-state index contributed by atoms with van der Waals surface area (Å²) in [4.78, 5) is 0.133. The van der Waals surface area contributed by atoms with Gasteiger partial charge in [0.05, 0.1) is 11.5 Å². The predicted octanol–water partition coefficient (Wildman–Crippen LogP) is 2.56. The van der Waals surface area contributed by atoms with Gasteiger partial charge in [-0.1, -0.05) is 18.5 Å². The summed E-state index contributed by atoms with van der Waals surface area (Å²) < 4.78 is 27.6. The maximum Gasteiger partial charge on any atom is 0.241 e. The van der Waals surface area contributed by atoms with E-state index in [0.29, 0.717) is 28.3 Å². The van der Waals surface area contributed by atoms with Gasteiger partial charge in [0.15, 0.2) is 0 Å². The minimum atomic E-state index is -3.64. The molecule has 0 aliphatic carbocycles. The lowest BCUT2D eigenvalue weighted by molar-refractivity contribution is 0.280. The standard InChI is InChI=1S/C13H20ClNO3S2/c1-4-12(8-19-3)15-20(17,18)13-6-11(14)5-10(7-16)9(13)2/h5-6,12,15-16H,4,7-8H2,1-3H3. The van der Waals surface area contributed by atoms with Gasteiger partial charge >= 0.3 is 0 Å². The first-order valence-electron chi connectivity index (χ1n) is 6.26. The Morgan fingerprint density at radius 2 is 2.10 bits per heavy atom. The third-order valence-corrected chi connectivity index (χ3v) is 5.68. The molecule has 0 heterocycles. The second-order valence-electron chi connectivity index (χ2n) is 4.53. The van der Waals surface area contributed by atoms with Crippen molar-refractivity contribution in [2.75, 3.05) is 12.0 Å². The van der Waals surface area contributed by atoms with Crippen LogP contribution in [0.5, 0.6) is 0 Å². The number of hydrogen-bond donors (Lipinski definition) is 2. The molecule has 7 heteroatoms. The second kappa shape index (κ2) is 7.66. The first-order valence-corrected chi connectivity index (χ1v) is 9.52. The van der Waals surface area contributed by atoms with Crippen molar-refractivity contribution in [2.45, 2.75) is 37.8 Å². The van der Waals surface area contributed by atoms with Gasteiger partial charge in [0.25, 0.3) is 0 Å². The molecule has 1 atom stereocenters. The Kier molecular flexibility index (Phi) is 6.81. The molecule has 0 aliphatic heterocycles. The average Bonchev–Trinajstić information content (AvgIpc) is 2.40. The van der Waals surface area contributed by atoms with Crippen LogP contribution in [-0.2, 0) is 16.6 Å². The molecule has 0 aliphatic rings. The number of thioether (sulfide) groups is 1. The summed E-state index contributed by atoms with van der Waals surface area (Å²) in [5, 5.41) is 9.57. The third kappa shape index (κ3) is 4.36. The SMILES string of the molecule is CCC(CSC)NS(=O)(=O)c1cc(Cl)cc(CO)c1C. The van der Waals surface area contributed by atoms with Crippen LogP contribution in [0.4, 0.5) is 0 Å². The Hall–Kier alpha value is -0.270. The fraction of sp³-hybridized carbons (Fsp3) is 0.538. The number of benzene rings is 1. The summed E-state index contributed by atoms with van der Waals surface area (Å²) in [5.41, 5.74) is 1.05. The van der Waals surface area contributed by atoms with Crippen molar-refractivity contribution in [3.05, 3.63) is 28.3 Å². The Balaban J connectivity index is 3.18. The zero-order valence-corrected chi connectivity index (χ0v) is 14.2. The van der Waals surface area contributed by atoms with E-state index in [1.54, 1.807) is 24.8 Å². The van der Waals surface area contributed by atoms with Gasteiger partial charge < -0.3 is 5.11 Å². The van der Waals surface area contributed by atoms with E-state index in [9.17, 15) is 13.5 Å². The van der Waals surface area contributed by atoms with Crippen LogP contribution in [0.25, 0.3) is 0 Å². The number of rotatable bonds is 7. The van der Waals surface area contributed by atoms with Crippen LogP contribution in [0.15, 0.2) is 17.0 Å².